The number of carbonyl (C=O) groups is 2. The molecule has 0 aromatic heterocycles. The Morgan fingerprint density at radius 2 is 1.67 bits per heavy atom. The lowest BCUT2D eigenvalue weighted by Gasteiger charge is -2.37. The average Bonchev–Trinajstić information content (AvgIpc) is 3.03. The zero-order chi connectivity index (χ0) is 23.7. The second kappa shape index (κ2) is 9.03. The summed E-state index contributed by atoms with van der Waals surface area (Å²) in [6.45, 7) is 4.80. The fraction of sp³-hybridized carbons (Fsp3) is 0.333. The molecule has 0 saturated carbocycles. The Hall–Kier alpha value is -3.72. The van der Waals surface area contributed by atoms with Gasteiger partial charge >= 0.3 is 0 Å². The van der Waals surface area contributed by atoms with Gasteiger partial charge in [0.05, 0.1) is 36.4 Å². The van der Waals surface area contributed by atoms with Gasteiger partial charge in [-0.15, -0.1) is 0 Å². The van der Waals surface area contributed by atoms with Crippen LogP contribution in [0.5, 0.6) is 5.75 Å². The largest absolute Gasteiger partial charge is 0.496 e. The monoisotopic (exact) mass is 451 g/mol. The predicted octanol–water partition coefficient (Wildman–Crippen LogP) is 2.99. The summed E-state index contributed by atoms with van der Waals surface area (Å²) in [6.07, 6.45) is -0.240. The summed E-state index contributed by atoms with van der Waals surface area (Å²) in [6, 6.07) is 12.9. The van der Waals surface area contributed by atoms with Crippen LogP contribution in [0.1, 0.15) is 25.0 Å². The van der Waals surface area contributed by atoms with Crippen LogP contribution in [0.4, 0.5) is 5.69 Å². The first kappa shape index (κ1) is 22.5. The van der Waals surface area contributed by atoms with Gasteiger partial charge in [-0.25, -0.2) is 0 Å². The normalized spacial score (nSPS) is 21.1. The Balaban J connectivity index is 1.76. The van der Waals surface area contributed by atoms with Crippen LogP contribution in [0, 0.1) is 10.1 Å². The van der Waals surface area contributed by atoms with E-state index < -0.39 is 16.7 Å². The first-order valence-corrected chi connectivity index (χ1v) is 10.7. The molecule has 2 aliphatic rings. The Morgan fingerprint density at radius 1 is 1.03 bits per heavy atom. The molecule has 0 radical (unpaired) electrons. The third kappa shape index (κ3) is 4.31. The minimum atomic E-state index is -0.500. The van der Waals surface area contributed by atoms with Crippen LogP contribution in [0.15, 0.2) is 54.2 Å². The lowest BCUT2D eigenvalue weighted by molar-refractivity contribution is -0.384. The number of ether oxygens (including phenoxy) is 2. The number of nitro groups is 1. The Bertz CT molecular complexity index is 1120. The molecule has 0 N–H and O–H groups in total. The Labute approximate surface area is 191 Å². The lowest BCUT2D eigenvalue weighted by Crippen LogP contribution is -2.46. The summed E-state index contributed by atoms with van der Waals surface area (Å²) in [7, 11) is 1.54. The van der Waals surface area contributed by atoms with Gasteiger partial charge < -0.3 is 14.4 Å². The number of rotatable bonds is 6. The van der Waals surface area contributed by atoms with Crippen molar-refractivity contribution in [2.75, 3.05) is 20.2 Å². The highest BCUT2D eigenvalue weighted by atomic mass is 16.6. The number of nitro benzene ring substituents is 1. The molecule has 33 heavy (non-hydrogen) atoms. The minimum absolute atomic E-state index is 0.0527. The van der Waals surface area contributed by atoms with Crippen LogP contribution < -0.4 is 4.74 Å². The van der Waals surface area contributed by atoms with Gasteiger partial charge in [-0.2, -0.15) is 0 Å². The average molecular weight is 451 g/mol. The number of morpholine rings is 1. The summed E-state index contributed by atoms with van der Waals surface area (Å²) in [5, 5.41) is 11.1. The molecule has 0 spiro atoms. The molecule has 9 nitrogen and oxygen atoms in total. The van der Waals surface area contributed by atoms with Gasteiger partial charge in [0.2, 0.25) is 0 Å². The number of benzene rings is 2. The van der Waals surface area contributed by atoms with Crippen LogP contribution in [-0.2, 0) is 20.9 Å². The minimum Gasteiger partial charge on any atom is -0.496 e. The summed E-state index contributed by atoms with van der Waals surface area (Å²) in [5.41, 5.74) is 1.62. The standard InChI is InChI=1S/C24H25N3O6/c1-15-12-25(13-16(2)33-15)22-21(17-8-10-19(11-9-17)27(30)31)23(28)26(24(22)29)14-18-6-4-5-7-20(18)32-3/h4-11,15-16H,12-14H2,1-3H3. The van der Waals surface area contributed by atoms with Crippen molar-refractivity contribution in [3.63, 3.8) is 0 Å². The highest BCUT2D eigenvalue weighted by Crippen LogP contribution is 2.35. The Kier molecular flexibility index (Phi) is 6.15. The van der Waals surface area contributed by atoms with Crippen molar-refractivity contribution in [3.8, 4) is 5.75 Å². The second-order valence-corrected chi connectivity index (χ2v) is 8.20. The van der Waals surface area contributed by atoms with Gasteiger partial charge in [0.1, 0.15) is 11.4 Å². The van der Waals surface area contributed by atoms with Gasteiger partial charge in [0.25, 0.3) is 17.5 Å². The quantitative estimate of drug-likeness (QED) is 0.378. The maximum absolute atomic E-state index is 13.6. The van der Waals surface area contributed by atoms with E-state index >= 15 is 0 Å². The van der Waals surface area contributed by atoms with Crippen LogP contribution in [-0.4, -0.2) is 58.9 Å². The second-order valence-electron chi connectivity index (χ2n) is 8.20. The van der Waals surface area contributed by atoms with E-state index in [0.29, 0.717) is 35.7 Å². The molecule has 0 bridgehead atoms. The number of carbonyl (C=O) groups excluding carboxylic acids is 2. The maximum atomic E-state index is 13.6. The molecule has 2 heterocycles. The van der Waals surface area contributed by atoms with E-state index in [4.69, 9.17) is 9.47 Å². The molecule has 172 valence electrons. The van der Waals surface area contributed by atoms with Gasteiger partial charge in [0, 0.05) is 30.8 Å². The van der Waals surface area contributed by atoms with Crippen molar-refractivity contribution >= 4 is 23.1 Å². The third-order valence-corrected chi connectivity index (χ3v) is 5.77. The van der Waals surface area contributed by atoms with Crippen LogP contribution in [0.25, 0.3) is 5.57 Å². The number of para-hydroxylation sites is 1. The van der Waals surface area contributed by atoms with E-state index in [2.05, 4.69) is 0 Å². The van der Waals surface area contributed by atoms with E-state index in [9.17, 15) is 19.7 Å². The van der Waals surface area contributed by atoms with Crippen molar-refractivity contribution in [2.45, 2.75) is 32.6 Å². The van der Waals surface area contributed by atoms with Crippen molar-refractivity contribution in [1.29, 1.82) is 0 Å². The molecular weight excluding hydrogens is 426 g/mol. The van der Waals surface area contributed by atoms with Crippen molar-refractivity contribution in [1.82, 2.24) is 9.80 Å². The van der Waals surface area contributed by atoms with Crippen molar-refractivity contribution in [2.24, 2.45) is 0 Å². The van der Waals surface area contributed by atoms with Crippen molar-refractivity contribution < 1.29 is 24.0 Å². The van der Waals surface area contributed by atoms with Crippen LogP contribution in [0.3, 0.4) is 0 Å². The van der Waals surface area contributed by atoms with Gasteiger partial charge in [-0.05, 0) is 37.6 Å². The van der Waals surface area contributed by atoms with Crippen LogP contribution >= 0.6 is 0 Å². The first-order valence-electron chi connectivity index (χ1n) is 10.7. The number of nitrogens with zero attached hydrogens (tertiary/aromatic N) is 3. The number of methoxy groups -OCH3 is 1. The molecule has 0 aliphatic carbocycles. The summed E-state index contributed by atoms with van der Waals surface area (Å²) in [5.74, 6) is -0.265. The topological polar surface area (TPSA) is 102 Å². The molecule has 2 aromatic carbocycles. The van der Waals surface area contributed by atoms with Gasteiger partial charge in [0.15, 0.2) is 0 Å². The van der Waals surface area contributed by atoms with E-state index in [-0.39, 0.29) is 30.0 Å². The number of non-ortho nitro benzene ring substituents is 1. The Morgan fingerprint density at radius 3 is 2.27 bits per heavy atom. The fourth-order valence-corrected chi connectivity index (χ4v) is 4.37. The molecule has 9 heteroatoms. The number of hydrogen-bond donors (Lipinski definition) is 0. The first-order chi connectivity index (χ1) is 15.8. The van der Waals surface area contributed by atoms with E-state index in [0.717, 1.165) is 0 Å². The molecular formula is C24H25N3O6. The maximum Gasteiger partial charge on any atom is 0.278 e. The highest BCUT2D eigenvalue weighted by Gasteiger charge is 2.43. The van der Waals surface area contributed by atoms with Gasteiger partial charge in [-0.1, -0.05) is 18.2 Å². The zero-order valence-electron chi connectivity index (χ0n) is 18.7. The molecule has 4 rings (SSSR count). The van der Waals surface area contributed by atoms with E-state index in [1.807, 2.05) is 36.9 Å². The van der Waals surface area contributed by atoms with E-state index in [1.165, 1.54) is 36.3 Å². The van der Waals surface area contributed by atoms with Crippen molar-refractivity contribution in [3.05, 3.63) is 75.5 Å². The molecule has 2 unspecified atom stereocenters. The molecule has 1 saturated heterocycles. The molecule has 2 aromatic rings. The van der Waals surface area contributed by atoms with Crippen LogP contribution in [0.2, 0.25) is 0 Å². The zero-order valence-corrected chi connectivity index (χ0v) is 18.7. The summed E-state index contributed by atoms with van der Waals surface area (Å²) >= 11 is 0. The number of hydrogen-bond acceptors (Lipinski definition) is 7. The highest BCUT2D eigenvalue weighted by molar-refractivity contribution is 6.35. The lowest BCUT2D eigenvalue weighted by atomic mass is 10.0. The number of amides is 2. The number of imide groups is 1. The molecule has 2 atom stereocenters. The molecule has 2 amide bonds. The van der Waals surface area contributed by atoms with Gasteiger partial charge in [-0.3, -0.25) is 24.6 Å². The predicted molar refractivity (Wildman–Crippen MR) is 120 cm³/mol. The smallest absolute Gasteiger partial charge is 0.278 e. The van der Waals surface area contributed by atoms with E-state index in [1.54, 1.807) is 6.07 Å². The molecule has 1 fully saturated rings. The molecule has 2 aliphatic heterocycles. The summed E-state index contributed by atoms with van der Waals surface area (Å²) in [4.78, 5) is 40.8. The fourth-order valence-electron chi connectivity index (χ4n) is 4.37. The SMILES string of the molecule is COc1ccccc1CN1C(=O)C(c2ccc([N+](=O)[O-])cc2)=C(N2CC(C)OC(C)C2)C1=O. The third-order valence-electron chi connectivity index (χ3n) is 5.77. The summed E-state index contributed by atoms with van der Waals surface area (Å²) < 4.78 is 11.2.